The molecule has 1 aromatic carbocycles. The Morgan fingerprint density at radius 1 is 1.31 bits per heavy atom. The molecule has 16 heavy (non-hydrogen) atoms. The minimum absolute atomic E-state index is 0.0336. The van der Waals surface area contributed by atoms with Gasteiger partial charge in [-0.05, 0) is 19.1 Å². The Balaban J connectivity index is 3.12. The van der Waals surface area contributed by atoms with Crippen LogP contribution in [0.15, 0.2) is 66.5 Å². The zero-order valence-corrected chi connectivity index (χ0v) is 9.18. The third-order valence-corrected chi connectivity index (χ3v) is 2.11. The van der Waals surface area contributed by atoms with Gasteiger partial charge in [0.15, 0.2) is 5.78 Å². The largest absolute Gasteiger partial charge is 0.508 e. The first-order chi connectivity index (χ1) is 7.70. The molecule has 0 aliphatic rings. The van der Waals surface area contributed by atoms with Crippen molar-refractivity contribution in [3.05, 3.63) is 72.0 Å². The van der Waals surface area contributed by atoms with Crippen LogP contribution in [0.1, 0.15) is 17.3 Å². The monoisotopic (exact) mass is 214 g/mol. The lowest BCUT2D eigenvalue weighted by Gasteiger charge is -2.04. The van der Waals surface area contributed by atoms with Crippen molar-refractivity contribution in [3.63, 3.8) is 0 Å². The summed E-state index contributed by atoms with van der Waals surface area (Å²) in [6.07, 6.45) is 4.47. The lowest BCUT2D eigenvalue weighted by atomic mass is 10.0. The molecule has 0 aliphatic carbocycles. The number of carbonyl (C=O) groups is 1. The zero-order chi connectivity index (χ0) is 12.0. The molecule has 2 heteroatoms. The number of ketones is 1. The van der Waals surface area contributed by atoms with Gasteiger partial charge in [0.05, 0.1) is 5.57 Å². The maximum Gasteiger partial charge on any atom is 0.196 e. The average Bonchev–Trinajstić information content (AvgIpc) is 2.35. The second kappa shape index (κ2) is 5.71. The fourth-order valence-corrected chi connectivity index (χ4v) is 1.30. The summed E-state index contributed by atoms with van der Waals surface area (Å²) >= 11 is 0. The van der Waals surface area contributed by atoms with Crippen LogP contribution in [0.2, 0.25) is 0 Å². The third-order valence-electron chi connectivity index (χ3n) is 2.11. The van der Waals surface area contributed by atoms with Crippen molar-refractivity contribution in [2.75, 3.05) is 0 Å². The Labute approximate surface area is 95.2 Å². The van der Waals surface area contributed by atoms with Crippen LogP contribution >= 0.6 is 0 Å². The van der Waals surface area contributed by atoms with Crippen LogP contribution in [-0.2, 0) is 0 Å². The highest BCUT2D eigenvalue weighted by molar-refractivity contribution is 6.11. The molecule has 1 aromatic rings. The summed E-state index contributed by atoms with van der Waals surface area (Å²) < 4.78 is 0. The SMILES string of the molecule is C=C/C=C(C(=O)c1ccccc1)\C(O)=C/C. The topological polar surface area (TPSA) is 37.3 Å². The number of aliphatic hydroxyl groups is 1. The van der Waals surface area contributed by atoms with Crippen LogP contribution in [0, 0.1) is 0 Å². The van der Waals surface area contributed by atoms with Gasteiger partial charge in [0, 0.05) is 5.56 Å². The Bertz CT molecular complexity index is 439. The number of allylic oxidation sites excluding steroid dienone is 4. The Morgan fingerprint density at radius 3 is 2.44 bits per heavy atom. The molecule has 1 rings (SSSR count). The molecule has 0 heterocycles. The van der Waals surface area contributed by atoms with E-state index in [1.807, 2.05) is 6.07 Å². The van der Waals surface area contributed by atoms with Gasteiger partial charge in [-0.2, -0.15) is 0 Å². The van der Waals surface area contributed by atoms with Crippen LogP contribution in [0.5, 0.6) is 0 Å². The Kier molecular flexibility index (Phi) is 4.28. The zero-order valence-electron chi connectivity index (χ0n) is 9.18. The number of hydrogen-bond acceptors (Lipinski definition) is 2. The second-order valence-electron chi connectivity index (χ2n) is 3.19. The molecule has 0 aliphatic heterocycles. The standard InChI is InChI=1S/C14H14O2/c1-3-8-12(13(15)4-2)14(16)11-9-6-5-7-10-11/h3-10,15H,1H2,2H3/b12-8+,13-4+. The molecule has 0 radical (unpaired) electrons. The summed E-state index contributed by atoms with van der Waals surface area (Å²) in [6.45, 7) is 5.20. The molecule has 0 saturated carbocycles. The van der Waals surface area contributed by atoms with Crippen LogP contribution in [-0.4, -0.2) is 10.9 Å². The predicted octanol–water partition coefficient (Wildman–Crippen LogP) is 3.44. The number of benzene rings is 1. The first kappa shape index (κ1) is 12.0. The average molecular weight is 214 g/mol. The molecule has 0 unspecified atom stereocenters. The number of Topliss-reactive ketones (excluding diaryl/α,β-unsaturated/α-hetero) is 1. The van der Waals surface area contributed by atoms with E-state index in [9.17, 15) is 9.90 Å². The molecular formula is C14H14O2. The van der Waals surface area contributed by atoms with E-state index >= 15 is 0 Å². The van der Waals surface area contributed by atoms with Gasteiger partial charge in [0.25, 0.3) is 0 Å². The first-order valence-corrected chi connectivity index (χ1v) is 4.98. The van der Waals surface area contributed by atoms with Gasteiger partial charge in [-0.3, -0.25) is 4.79 Å². The molecule has 0 spiro atoms. The van der Waals surface area contributed by atoms with Crippen LogP contribution < -0.4 is 0 Å². The van der Waals surface area contributed by atoms with Gasteiger partial charge in [-0.25, -0.2) is 0 Å². The molecule has 0 aromatic heterocycles. The highest BCUT2D eigenvalue weighted by atomic mass is 16.3. The number of carbonyl (C=O) groups excluding carboxylic acids is 1. The summed E-state index contributed by atoms with van der Waals surface area (Å²) in [7, 11) is 0. The number of rotatable bonds is 4. The van der Waals surface area contributed by atoms with Crippen molar-refractivity contribution in [2.24, 2.45) is 0 Å². The molecule has 2 nitrogen and oxygen atoms in total. The van der Waals surface area contributed by atoms with Crippen molar-refractivity contribution in [1.29, 1.82) is 0 Å². The smallest absolute Gasteiger partial charge is 0.196 e. The van der Waals surface area contributed by atoms with Gasteiger partial charge >= 0.3 is 0 Å². The summed E-state index contributed by atoms with van der Waals surface area (Å²) in [5.41, 5.74) is 0.799. The van der Waals surface area contributed by atoms with Gasteiger partial charge < -0.3 is 5.11 Å². The minimum atomic E-state index is -0.212. The minimum Gasteiger partial charge on any atom is -0.508 e. The van der Waals surface area contributed by atoms with Crippen molar-refractivity contribution >= 4 is 5.78 Å². The van der Waals surface area contributed by atoms with E-state index in [2.05, 4.69) is 6.58 Å². The predicted molar refractivity (Wildman–Crippen MR) is 65.4 cm³/mol. The number of hydrogen-bond donors (Lipinski definition) is 1. The van der Waals surface area contributed by atoms with Crippen molar-refractivity contribution in [2.45, 2.75) is 6.92 Å². The van der Waals surface area contributed by atoms with Crippen LogP contribution in [0.4, 0.5) is 0 Å². The highest BCUT2D eigenvalue weighted by Gasteiger charge is 2.14. The second-order valence-corrected chi connectivity index (χ2v) is 3.19. The maximum atomic E-state index is 12.0. The number of aliphatic hydroxyl groups excluding tert-OH is 1. The maximum absolute atomic E-state index is 12.0. The summed E-state index contributed by atoms with van der Waals surface area (Å²) in [4.78, 5) is 12.0. The van der Waals surface area contributed by atoms with E-state index < -0.39 is 0 Å². The Hall–Kier alpha value is -2.09. The molecule has 0 amide bonds. The summed E-state index contributed by atoms with van der Waals surface area (Å²) in [6, 6.07) is 8.82. The molecule has 0 fully saturated rings. The molecule has 0 bridgehead atoms. The van der Waals surface area contributed by atoms with E-state index in [1.54, 1.807) is 31.2 Å². The quantitative estimate of drug-likeness (QED) is 0.361. The van der Waals surface area contributed by atoms with Crippen molar-refractivity contribution in [3.8, 4) is 0 Å². The van der Waals surface area contributed by atoms with E-state index in [4.69, 9.17) is 0 Å². The highest BCUT2D eigenvalue weighted by Crippen LogP contribution is 2.14. The van der Waals surface area contributed by atoms with Crippen LogP contribution in [0.25, 0.3) is 0 Å². The first-order valence-electron chi connectivity index (χ1n) is 4.98. The fraction of sp³-hybridized carbons (Fsp3) is 0.0714. The molecule has 0 saturated heterocycles. The van der Waals surface area contributed by atoms with Crippen molar-refractivity contribution < 1.29 is 9.90 Å². The normalized spacial score (nSPS) is 12.3. The molecule has 0 atom stereocenters. The third kappa shape index (κ3) is 2.70. The summed E-state index contributed by atoms with van der Waals surface area (Å²) in [5, 5.41) is 9.60. The van der Waals surface area contributed by atoms with E-state index in [-0.39, 0.29) is 17.1 Å². The molecule has 1 N–H and O–H groups in total. The lowest BCUT2D eigenvalue weighted by Crippen LogP contribution is -2.05. The lowest BCUT2D eigenvalue weighted by molar-refractivity contribution is 0.103. The van der Waals surface area contributed by atoms with E-state index in [0.29, 0.717) is 5.56 Å². The molecule has 82 valence electrons. The Morgan fingerprint density at radius 2 is 1.94 bits per heavy atom. The van der Waals surface area contributed by atoms with E-state index in [1.165, 1.54) is 18.2 Å². The fourth-order valence-electron chi connectivity index (χ4n) is 1.30. The van der Waals surface area contributed by atoms with Crippen molar-refractivity contribution in [1.82, 2.24) is 0 Å². The van der Waals surface area contributed by atoms with Gasteiger partial charge in [0.1, 0.15) is 5.76 Å². The van der Waals surface area contributed by atoms with Gasteiger partial charge in [-0.1, -0.05) is 43.0 Å². The molecular weight excluding hydrogens is 200 g/mol. The van der Waals surface area contributed by atoms with Gasteiger partial charge in [-0.15, -0.1) is 0 Å². The summed E-state index contributed by atoms with van der Waals surface area (Å²) in [5.74, 6) is -0.246. The van der Waals surface area contributed by atoms with Gasteiger partial charge in [0.2, 0.25) is 0 Å². The van der Waals surface area contributed by atoms with Crippen LogP contribution in [0.3, 0.4) is 0 Å². The van der Waals surface area contributed by atoms with E-state index in [0.717, 1.165) is 0 Å².